The molecule has 1 amide bonds. The molecule has 140 valence electrons. The van der Waals surface area contributed by atoms with Gasteiger partial charge < -0.3 is 5.32 Å². The van der Waals surface area contributed by atoms with Crippen LogP contribution in [0.15, 0.2) is 41.3 Å². The average Bonchev–Trinajstić information content (AvgIpc) is 2.57. The number of nitrogens with one attached hydrogen (secondary N) is 1. The van der Waals surface area contributed by atoms with Crippen molar-refractivity contribution >= 4 is 45.9 Å². The van der Waals surface area contributed by atoms with E-state index in [9.17, 15) is 18.0 Å². The standard InChI is InChI=1S/C19H19F3INOS/c1-4-12(3)26-13-8-9-16(15(10-13)19(20,21)22)24-18(25)14-7-5-6-11(2)17(14)23/h5-10,12H,4H2,1-3H3,(H,24,25). The van der Waals surface area contributed by atoms with E-state index in [2.05, 4.69) is 5.32 Å². The maximum atomic E-state index is 13.5. The zero-order valence-electron chi connectivity index (χ0n) is 14.6. The Bertz CT molecular complexity index is 808. The lowest BCUT2D eigenvalue weighted by atomic mass is 10.1. The zero-order valence-corrected chi connectivity index (χ0v) is 17.6. The van der Waals surface area contributed by atoms with Gasteiger partial charge in [-0.15, -0.1) is 11.8 Å². The van der Waals surface area contributed by atoms with E-state index < -0.39 is 17.6 Å². The molecule has 2 aromatic carbocycles. The van der Waals surface area contributed by atoms with Crippen molar-refractivity contribution in [3.8, 4) is 0 Å². The Hall–Kier alpha value is -1.22. The van der Waals surface area contributed by atoms with Crippen molar-refractivity contribution in [2.75, 3.05) is 5.32 Å². The number of amides is 1. The molecule has 2 nitrogen and oxygen atoms in total. The molecule has 0 heterocycles. The molecule has 0 saturated heterocycles. The van der Waals surface area contributed by atoms with Crippen molar-refractivity contribution in [1.29, 1.82) is 0 Å². The molecule has 0 aliphatic heterocycles. The number of carbonyl (C=O) groups excluding carboxylic acids is 1. The fourth-order valence-corrected chi connectivity index (χ4v) is 3.84. The van der Waals surface area contributed by atoms with Crippen LogP contribution in [0.1, 0.15) is 41.8 Å². The van der Waals surface area contributed by atoms with Gasteiger partial charge in [-0.2, -0.15) is 13.2 Å². The van der Waals surface area contributed by atoms with E-state index in [1.807, 2.05) is 49.4 Å². The van der Waals surface area contributed by atoms with Crippen LogP contribution in [0.25, 0.3) is 0 Å². The first kappa shape index (κ1) is 21.1. The normalized spacial score (nSPS) is 12.7. The molecule has 0 saturated carbocycles. The van der Waals surface area contributed by atoms with Crippen LogP contribution in [-0.4, -0.2) is 11.2 Å². The van der Waals surface area contributed by atoms with Crippen LogP contribution in [-0.2, 0) is 6.18 Å². The highest BCUT2D eigenvalue weighted by Gasteiger charge is 2.34. The van der Waals surface area contributed by atoms with Gasteiger partial charge in [0.15, 0.2) is 0 Å². The Kier molecular flexibility index (Phi) is 7.01. The summed E-state index contributed by atoms with van der Waals surface area (Å²) < 4.78 is 41.2. The summed E-state index contributed by atoms with van der Waals surface area (Å²) in [4.78, 5) is 13.0. The fourth-order valence-electron chi connectivity index (χ4n) is 2.27. The molecule has 7 heteroatoms. The van der Waals surface area contributed by atoms with Crippen LogP contribution >= 0.6 is 34.4 Å². The minimum atomic E-state index is -4.55. The predicted octanol–water partition coefficient (Wildman–Crippen LogP) is 6.76. The zero-order chi connectivity index (χ0) is 19.5. The minimum Gasteiger partial charge on any atom is -0.321 e. The smallest absolute Gasteiger partial charge is 0.321 e. The van der Waals surface area contributed by atoms with Crippen LogP contribution in [0.2, 0.25) is 0 Å². The third kappa shape index (κ3) is 5.16. The summed E-state index contributed by atoms with van der Waals surface area (Å²) >= 11 is 3.41. The van der Waals surface area contributed by atoms with E-state index in [0.717, 1.165) is 21.6 Å². The Morgan fingerprint density at radius 2 is 1.96 bits per heavy atom. The molecule has 2 rings (SSSR count). The molecule has 0 aliphatic carbocycles. The van der Waals surface area contributed by atoms with Gasteiger partial charge in [0, 0.05) is 13.7 Å². The van der Waals surface area contributed by atoms with Crippen molar-refractivity contribution < 1.29 is 18.0 Å². The maximum Gasteiger partial charge on any atom is 0.418 e. The van der Waals surface area contributed by atoms with Gasteiger partial charge in [0.05, 0.1) is 16.8 Å². The van der Waals surface area contributed by atoms with Crippen molar-refractivity contribution in [2.24, 2.45) is 0 Å². The molecular formula is C19H19F3INOS. The van der Waals surface area contributed by atoms with Gasteiger partial charge in [-0.3, -0.25) is 4.79 Å². The average molecular weight is 493 g/mol. The second-order valence-electron chi connectivity index (χ2n) is 5.93. The van der Waals surface area contributed by atoms with E-state index in [1.54, 1.807) is 18.2 Å². The summed E-state index contributed by atoms with van der Waals surface area (Å²) in [6, 6.07) is 9.21. The summed E-state index contributed by atoms with van der Waals surface area (Å²) in [5.41, 5.74) is 0.196. The maximum absolute atomic E-state index is 13.5. The molecule has 26 heavy (non-hydrogen) atoms. The Labute approximate surface area is 169 Å². The molecule has 0 aromatic heterocycles. The van der Waals surface area contributed by atoms with Crippen molar-refractivity contribution in [3.63, 3.8) is 0 Å². The van der Waals surface area contributed by atoms with E-state index in [-0.39, 0.29) is 10.9 Å². The molecule has 0 bridgehead atoms. The molecule has 1 atom stereocenters. The lowest BCUT2D eigenvalue weighted by molar-refractivity contribution is -0.137. The lowest BCUT2D eigenvalue weighted by Crippen LogP contribution is -2.18. The number of hydrogen-bond acceptors (Lipinski definition) is 2. The molecule has 0 radical (unpaired) electrons. The number of hydrogen-bond donors (Lipinski definition) is 1. The molecule has 2 aromatic rings. The Morgan fingerprint density at radius 3 is 2.58 bits per heavy atom. The van der Waals surface area contributed by atoms with Gasteiger partial charge in [-0.1, -0.05) is 26.0 Å². The van der Waals surface area contributed by atoms with Gasteiger partial charge in [0.25, 0.3) is 5.91 Å². The third-order valence-electron chi connectivity index (χ3n) is 3.89. The van der Waals surface area contributed by atoms with Gasteiger partial charge in [-0.25, -0.2) is 0 Å². The number of thioether (sulfide) groups is 1. The van der Waals surface area contributed by atoms with Gasteiger partial charge >= 0.3 is 6.18 Å². The summed E-state index contributed by atoms with van der Waals surface area (Å²) in [5.74, 6) is -0.550. The minimum absolute atomic E-state index is 0.213. The highest BCUT2D eigenvalue weighted by atomic mass is 127. The number of rotatable bonds is 5. The van der Waals surface area contributed by atoms with Crippen LogP contribution in [0, 0.1) is 10.5 Å². The SMILES string of the molecule is CCC(C)Sc1ccc(NC(=O)c2cccc(C)c2I)c(C(F)(F)F)c1. The first-order valence-electron chi connectivity index (χ1n) is 8.07. The second-order valence-corrected chi connectivity index (χ2v) is 8.52. The van der Waals surface area contributed by atoms with E-state index in [1.165, 1.54) is 17.8 Å². The molecule has 0 spiro atoms. The lowest BCUT2D eigenvalue weighted by Gasteiger charge is -2.17. The van der Waals surface area contributed by atoms with Crippen LogP contribution in [0.4, 0.5) is 18.9 Å². The Morgan fingerprint density at radius 1 is 1.27 bits per heavy atom. The summed E-state index contributed by atoms with van der Waals surface area (Å²) in [7, 11) is 0. The number of benzene rings is 2. The topological polar surface area (TPSA) is 29.1 Å². The van der Waals surface area contributed by atoms with E-state index in [4.69, 9.17) is 0 Å². The molecule has 1 N–H and O–H groups in total. The number of aryl methyl sites for hydroxylation is 1. The van der Waals surface area contributed by atoms with E-state index in [0.29, 0.717) is 10.5 Å². The monoisotopic (exact) mass is 493 g/mol. The van der Waals surface area contributed by atoms with E-state index >= 15 is 0 Å². The quantitative estimate of drug-likeness (QED) is 0.368. The number of carbonyl (C=O) groups is 1. The first-order valence-corrected chi connectivity index (χ1v) is 10.0. The third-order valence-corrected chi connectivity index (χ3v) is 6.59. The van der Waals surface area contributed by atoms with Crippen molar-refractivity contribution in [2.45, 2.75) is 43.5 Å². The van der Waals surface area contributed by atoms with Crippen LogP contribution in [0.3, 0.4) is 0 Å². The van der Waals surface area contributed by atoms with Crippen molar-refractivity contribution in [1.82, 2.24) is 0 Å². The molecule has 0 aliphatic rings. The molecular weight excluding hydrogens is 474 g/mol. The van der Waals surface area contributed by atoms with Gasteiger partial charge in [-0.05, 0) is 65.8 Å². The summed E-state index contributed by atoms with van der Waals surface area (Å²) in [5, 5.41) is 2.64. The number of halogens is 4. The Balaban J connectivity index is 2.36. The molecule has 1 unspecified atom stereocenters. The largest absolute Gasteiger partial charge is 0.418 e. The van der Waals surface area contributed by atoms with Crippen LogP contribution in [0.5, 0.6) is 0 Å². The fraction of sp³-hybridized carbons (Fsp3) is 0.316. The molecule has 0 fully saturated rings. The van der Waals surface area contributed by atoms with Gasteiger partial charge in [0.2, 0.25) is 0 Å². The summed E-state index contributed by atoms with van der Waals surface area (Å²) in [6.45, 7) is 5.80. The first-order chi connectivity index (χ1) is 12.1. The highest BCUT2D eigenvalue weighted by Crippen LogP contribution is 2.38. The summed E-state index contributed by atoms with van der Waals surface area (Å²) in [6.07, 6.45) is -3.69. The number of alkyl halides is 3. The van der Waals surface area contributed by atoms with Crippen molar-refractivity contribution in [3.05, 3.63) is 56.7 Å². The van der Waals surface area contributed by atoms with Gasteiger partial charge in [0.1, 0.15) is 0 Å². The van der Waals surface area contributed by atoms with Crippen LogP contribution < -0.4 is 5.32 Å². The number of anilines is 1. The predicted molar refractivity (Wildman–Crippen MR) is 109 cm³/mol. The second kappa shape index (κ2) is 8.65. The highest BCUT2D eigenvalue weighted by molar-refractivity contribution is 14.1.